The number of hydrazone groups is 1. The van der Waals surface area contributed by atoms with Crippen LogP contribution in [0.5, 0.6) is 0 Å². The highest BCUT2D eigenvalue weighted by atomic mass is 35.5. The Labute approximate surface area is 254 Å². The van der Waals surface area contributed by atoms with Crippen LogP contribution >= 0.6 is 23.2 Å². The van der Waals surface area contributed by atoms with Gasteiger partial charge in [-0.15, -0.1) is 0 Å². The number of benzene rings is 3. The number of anilines is 2. The van der Waals surface area contributed by atoms with Gasteiger partial charge < -0.3 is 10.2 Å². The van der Waals surface area contributed by atoms with Gasteiger partial charge in [0.2, 0.25) is 5.91 Å². The summed E-state index contributed by atoms with van der Waals surface area (Å²) in [6.07, 6.45) is 1.66. The molecule has 1 saturated heterocycles. The summed E-state index contributed by atoms with van der Waals surface area (Å²) < 4.78 is 0. The summed E-state index contributed by atoms with van der Waals surface area (Å²) in [6, 6.07) is 21.3. The lowest BCUT2D eigenvalue weighted by Gasteiger charge is -2.38. The first-order valence-electron chi connectivity index (χ1n) is 13.4. The third-order valence-corrected chi connectivity index (χ3v) is 7.32. The van der Waals surface area contributed by atoms with Gasteiger partial charge >= 0.3 is 12.1 Å². The van der Waals surface area contributed by atoms with Crippen LogP contribution in [0.4, 0.5) is 21.0 Å². The van der Waals surface area contributed by atoms with Gasteiger partial charge in [0.05, 0.1) is 11.8 Å². The van der Waals surface area contributed by atoms with E-state index in [9.17, 15) is 19.6 Å². The van der Waals surface area contributed by atoms with Crippen molar-refractivity contribution in [3.8, 4) is 0 Å². The predicted molar refractivity (Wildman–Crippen MR) is 164 cm³/mol. The molecular weight excluding hydrogens is 579 g/mol. The Morgan fingerprint density at radius 2 is 1.69 bits per heavy atom. The van der Waals surface area contributed by atoms with Crippen LogP contribution in [-0.4, -0.2) is 57.6 Å². The van der Waals surface area contributed by atoms with Crippen molar-refractivity contribution in [1.29, 1.82) is 0 Å². The van der Waals surface area contributed by atoms with Crippen molar-refractivity contribution in [2.24, 2.45) is 5.10 Å². The van der Waals surface area contributed by atoms with Gasteiger partial charge in [0, 0.05) is 34.4 Å². The standard InChI is InChI=1S/C30H32Cl2N6O4/c1-30(2)27(38(42)28(40)34-24-14-8-12-22(31)18-24)37(25-15-9-13-23(32)19-25)29(41)36(30)17-7-6-16-26(39)35-33-20-21-10-4-3-5-11-21/h3-5,8-15,18-20,27,42H,6-7,16-17H2,1-2H3,(H,34,40)(H,35,39)/b33-20-. The lowest BCUT2D eigenvalue weighted by atomic mass is 9.99. The number of nitrogens with one attached hydrogen (secondary N) is 2. The summed E-state index contributed by atoms with van der Waals surface area (Å²) in [7, 11) is 0. The van der Waals surface area contributed by atoms with E-state index in [1.165, 1.54) is 4.90 Å². The Morgan fingerprint density at radius 3 is 2.38 bits per heavy atom. The summed E-state index contributed by atoms with van der Waals surface area (Å²) in [4.78, 5) is 42.1. The van der Waals surface area contributed by atoms with Crippen molar-refractivity contribution in [3.63, 3.8) is 0 Å². The van der Waals surface area contributed by atoms with Crippen molar-refractivity contribution < 1.29 is 19.6 Å². The van der Waals surface area contributed by atoms with Gasteiger partial charge in [0.1, 0.15) is 0 Å². The largest absolute Gasteiger partial charge is 0.347 e. The number of unbranched alkanes of at least 4 members (excludes halogenated alkanes) is 1. The van der Waals surface area contributed by atoms with Crippen molar-refractivity contribution >= 4 is 58.8 Å². The number of rotatable bonds is 10. The summed E-state index contributed by atoms with van der Waals surface area (Å²) in [6.45, 7) is 3.81. The molecule has 1 fully saturated rings. The van der Waals surface area contributed by atoms with Crippen molar-refractivity contribution in [1.82, 2.24) is 15.4 Å². The van der Waals surface area contributed by atoms with Gasteiger partial charge in [-0.2, -0.15) is 10.2 Å². The fourth-order valence-electron chi connectivity index (χ4n) is 4.79. The van der Waals surface area contributed by atoms with E-state index in [0.717, 1.165) is 5.56 Å². The molecule has 1 aliphatic rings. The molecule has 0 aromatic heterocycles. The molecule has 4 rings (SSSR count). The Hall–Kier alpha value is -4.12. The first-order valence-corrected chi connectivity index (χ1v) is 14.1. The maximum Gasteiger partial charge on any atom is 0.347 e. The van der Waals surface area contributed by atoms with Gasteiger partial charge in [-0.05, 0) is 68.7 Å². The molecule has 12 heteroatoms. The second-order valence-electron chi connectivity index (χ2n) is 10.3. The average Bonchev–Trinajstić information content (AvgIpc) is 3.15. The highest BCUT2D eigenvalue weighted by molar-refractivity contribution is 6.31. The summed E-state index contributed by atoms with van der Waals surface area (Å²) >= 11 is 12.3. The molecule has 3 aromatic rings. The molecule has 0 bridgehead atoms. The minimum atomic E-state index is -1.11. The first-order chi connectivity index (χ1) is 20.1. The Balaban J connectivity index is 1.44. The molecule has 0 aliphatic carbocycles. The molecule has 0 radical (unpaired) electrons. The quantitative estimate of drug-likeness (QED) is 0.104. The van der Waals surface area contributed by atoms with Crippen LogP contribution in [0, 0.1) is 0 Å². The maximum atomic E-state index is 13.8. The summed E-state index contributed by atoms with van der Waals surface area (Å²) in [5.74, 6) is -0.244. The minimum absolute atomic E-state index is 0.212. The molecule has 1 atom stereocenters. The molecule has 3 N–H and O–H groups in total. The number of amides is 5. The van der Waals surface area contributed by atoms with E-state index in [0.29, 0.717) is 39.3 Å². The number of halogens is 2. The smallest absolute Gasteiger partial charge is 0.315 e. The maximum absolute atomic E-state index is 13.8. The summed E-state index contributed by atoms with van der Waals surface area (Å²) in [5, 5.41) is 19.1. The van der Waals surface area contributed by atoms with Crippen LogP contribution in [-0.2, 0) is 4.79 Å². The van der Waals surface area contributed by atoms with E-state index >= 15 is 0 Å². The van der Waals surface area contributed by atoms with Crippen LogP contribution in [0.25, 0.3) is 0 Å². The number of hydrogen-bond donors (Lipinski definition) is 3. The normalized spacial score (nSPS) is 16.1. The monoisotopic (exact) mass is 610 g/mol. The number of carbonyl (C=O) groups excluding carboxylic acids is 3. The number of nitrogens with zero attached hydrogens (tertiary/aromatic N) is 4. The van der Waals surface area contributed by atoms with E-state index in [4.69, 9.17) is 23.2 Å². The first kappa shape index (κ1) is 30.8. The third kappa shape index (κ3) is 7.39. The van der Waals surface area contributed by atoms with Crippen LogP contribution < -0.4 is 15.6 Å². The number of hydroxylamine groups is 2. The van der Waals surface area contributed by atoms with E-state index in [2.05, 4.69) is 15.8 Å². The fourth-order valence-corrected chi connectivity index (χ4v) is 5.17. The fraction of sp³-hybridized carbons (Fsp3) is 0.267. The average molecular weight is 612 g/mol. The number of carbonyl (C=O) groups is 3. The molecule has 42 heavy (non-hydrogen) atoms. The van der Waals surface area contributed by atoms with E-state index in [-0.39, 0.29) is 18.9 Å². The minimum Gasteiger partial charge on any atom is -0.315 e. The van der Waals surface area contributed by atoms with Crippen molar-refractivity contribution in [3.05, 3.63) is 94.5 Å². The second-order valence-corrected chi connectivity index (χ2v) is 11.1. The molecular formula is C30H32Cl2N6O4. The van der Waals surface area contributed by atoms with Gasteiger partial charge in [0.15, 0.2) is 6.17 Å². The highest BCUT2D eigenvalue weighted by Crippen LogP contribution is 2.39. The molecule has 220 valence electrons. The lowest BCUT2D eigenvalue weighted by Crippen LogP contribution is -2.58. The number of hydrogen-bond acceptors (Lipinski definition) is 5. The molecule has 3 aromatic carbocycles. The van der Waals surface area contributed by atoms with Gasteiger partial charge in [-0.3, -0.25) is 14.9 Å². The van der Waals surface area contributed by atoms with Crippen LogP contribution in [0.3, 0.4) is 0 Å². The zero-order chi connectivity index (χ0) is 30.3. The van der Waals surface area contributed by atoms with Crippen LogP contribution in [0.2, 0.25) is 10.0 Å². The molecule has 10 nitrogen and oxygen atoms in total. The zero-order valence-electron chi connectivity index (χ0n) is 23.2. The molecule has 1 unspecified atom stereocenters. The number of urea groups is 2. The second kappa shape index (κ2) is 13.7. The molecule has 1 heterocycles. The van der Waals surface area contributed by atoms with Gasteiger partial charge in [0.25, 0.3) is 0 Å². The van der Waals surface area contributed by atoms with Gasteiger partial charge in [-0.25, -0.2) is 15.0 Å². The molecule has 0 spiro atoms. The highest BCUT2D eigenvalue weighted by Gasteiger charge is 2.55. The summed E-state index contributed by atoms with van der Waals surface area (Å²) in [5.41, 5.74) is 3.14. The van der Waals surface area contributed by atoms with E-state index in [1.807, 2.05) is 30.3 Å². The van der Waals surface area contributed by atoms with Crippen LogP contribution in [0.15, 0.2) is 84.0 Å². The molecule has 5 amide bonds. The molecule has 0 saturated carbocycles. The Kier molecular flexibility index (Phi) is 10.1. The van der Waals surface area contributed by atoms with E-state index in [1.54, 1.807) is 73.5 Å². The zero-order valence-corrected chi connectivity index (χ0v) is 24.7. The third-order valence-electron chi connectivity index (χ3n) is 6.85. The van der Waals surface area contributed by atoms with Gasteiger partial charge in [-0.1, -0.05) is 65.7 Å². The van der Waals surface area contributed by atoms with E-state index < -0.39 is 23.8 Å². The topological polar surface area (TPSA) is 118 Å². The predicted octanol–water partition coefficient (Wildman–Crippen LogP) is 6.58. The molecule has 1 aliphatic heterocycles. The van der Waals surface area contributed by atoms with Crippen molar-refractivity contribution in [2.45, 2.75) is 44.8 Å². The SMILES string of the molecule is CC1(C)C(N(O)C(=O)Nc2cccc(Cl)c2)N(c2cccc(Cl)c2)C(=O)N1CCCCC(=O)N/N=C\c1ccccc1. The Bertz CT molecular complexity index is 1450. The van der Waals surface area contributed by atoms with Crippen molar-refractivity contribution in [2.75, 3.05) is 16.8 Å². The Morgan fingerprint density at radius 1 is 1.00 bits per heavy atom. The lowest BCUT2D eigenvalue weighted by molar-refractivity contribution is -0.121. The van der Waals surface area contributed by atoms with Crippen LogP contribution in [0.1, 0.15) is 38.7 Å².